The zero-order chi connectivity index (χ0) is 17.8. The van der Waals surface area contributed by atoms with Crippen LogP contribution in [0.25, 0.3) is 0 Å². The number of anilines is 1. The lowest BCUT2D eigenvalue weighted by molar-refractivity contribution is 0.102. The van der Waals surface area contributed by atoms with Crippen LogP contribution in [0.5, 0.6) is 11.5 Å². The largest absolute Gasteiger partial charge is 0.457 e. The number of nitrogens with one attached hydrogen (secondary N) is 1. The molecule has 0 radical (unpaired) electrons. The lowest BCUT2D eigenvalue weighted by Gasteiger charge is -2.12. The molecule has 0 atom stereocenters. The Morgan fingerprint density at radius 1 is 1.04 bits per heavy atom. The summed E-state index contributed by atoms with van der Waals surface area (Å²) in [6, 6.07) is 18.6. The number of aromatic nitrogens is 2. The molecule has 1 amide bonds. The van der Waals surface area contributed by atoms with E-state index in [2.05, 4.69) is 10.4 Å². The highest BCUT2D eigenvalue weighted by Gasteiger charge is 2.13. The normalized spacial score (nSPS) is 10.7. The molecule has 0 aliphatic carbocycles. The van der Waals surface area contributed by atoms with Crippen LogP contribution in [0.2, 0.25) is 0 Å². The average molecular weight is 335 g/mol. The van der Waals surface area contributed by atoms with Crippen molar-refractivity contribution in [2.24, 2.45) is 0 Å². The summed E-state index contributed by atoms with van der Waals surface area (Å²) in [5.41, 5.74) is 1.40. The summed E-state index contributed by atoms with van der Waals surface area (Å²) in [5, 5.41) is 7.33. The fourth-order valence-corrected chi connectivity index (χ4v) is 2.52. The van der Waals surface area contributed by atoms with Crippen molar-refractivity contribution in [2.75, 3.05) is 5.32 Å². The number of nitrogens with zero attached hydrogens (tertiary/aromatic N) is 2. The van der Waals surface area contributed by atoms with E-state index < -0.39 is 0 Å². The molecule has 2 aromatic carbocycles. The molecule has 0 saturated heterocycles. The molecule has 0 saturated carbocycles. The molecular formula is C20H21N3O2. The number of ether oxygens (including phenoxy) is 1. The molecule has 1 N–H and O–H groups in total. The maximum Gasteiger partial charge on any atom is 0.256 e. The van der Waals surface area contributed by atoms with Gasteiger partial charge < -0.3 is 10.1 Å². The number of benzene rings is 2. The first kappa shape index (κ1) is 16.8. The monoisotopic (exact) mass is 335 g/mol. The first-order valence-electron chi connectivity index (χ1n) is 8.23. The highest BCUT2D eigenvalue weighted by atomic mass is 16.5. The van der Waals surface area contributed by atoms with Gasteiger partial charge in [-0.25, -0.2) is 4.68 Å². The van der Waals surface area contributed by atoms with Gasteiger partial charge in [0, 0.05) is 17.7 Å². The minimum atomic E-state index is -0.194. The van der Waals surface area contributed by atoms with Crippen molar-refractivity contribution in [1.82, 2.24) is 9.78 Å². The lowest BCUT2D eigenvalue weighted by Crippen LogP contribution is -2.16. The van der Waals surface area contributed by atoms with Crippen LogP contribution >= 0.6 is 0 Å². The van der Waals surface area contributed by atoms with Gasteiger partial charge in [0.2, 0.25) is 0 Å². The van der Waals surface area contributed by atoms with E-state index in [9.17, 15) is 4.79 Å². The van der Waals surface area contributed by atoms with Gasteiger partial charge in [0.15, 0.2) is 0 Å². The third kappa shape index (κ3) is 4.07. The molecule has 0 unspecified atom stereocenters. The fourth-order valence-electron chi connectivity index (χ4n) is 2.52. The van der Waals surface area contributed by atoms with E-state index in [0.29, 0.717) is 17.1 Å². The van der Waals surface area contributed by atoms with Crippen LogP contribution in [-0.4, -0.2) is 15.7 Å². The quantitative estimate of drug-likeness (QED) is 0.727. The van der Waals surface area contributed by atoms with Crippen LogP contribution < -0.4 is 10.1 Å². The van der Waals surface area contributed by atoms with Crippen molar-refractivity contribution in [3.63, 3.8) is 0 Å². The topological polar surface area (TPSA) is 56.1 Å². The Bertz CT molecular complexity index is 870. The number of para-hydroxylation sites is 1. The van der Waals surface area contributed by atoms with Crippen LogP contribution in [0.4, 0.5) is 5.82 Å². The van der Waals surface area contributed by atoms with Crippen LogP contribution in [0.15, 0.2) is 60.7 Å². The van der Waals surface area contributed by atoms with E-state index in [1.54, 1.807) is 22.9 Å². The average Bonchev–Trinajstić information content (AvgIpc) is 2.96. The Morgan fingerprint density at radius 2 is 1.76 bits per heavy atom. The first-order valence-corrected chi connectivity index (χ1v) is 8.23. The Morgan fingerprint density at radius 3 is 2.48 bits per heavy atom. The van der Waals surface area contributed by atoms with Gasteiger partial charge in [-0.1, -0.05) is 24.3 Å². The summed E-state index contributed by atoms with van der Waals surface area (Å²) in [6.45, 7) is 5.95. The van der Waals surface area contributed by atoms with E-state index >= 15 is 0 Å². The van der Waals surface area contributed by atoms with Crippen molar-refractivity contribution in [2.45, 2.75) is 26.8 Å². The minimum absolute atomic E-state index is 0.164. The summed E-state index contributed by atoms with van der Waals surface area (Å²) >= 11 is 0. The maximum absolute atomic E-state index is 12.6. The van der Waals surface area contributed by atoms with Crippen LogP contribution in [0.3, 0.4) is 0 Å². The van der Waals surface area contributed by atoms with Gasteiger partial charge in [-0.15, -0.1) is 0 Å². The molecular weight excluding hydrogens is 314 g/mol. The lowest BCUT2D eigenvalue weighted by atomic mass is 10.2. The summed E-state index contributed by atoms with van der Waals surface area (Å²) in [7, 11) is 0. The molecule has 0 aliphatic rings. The van der Waals surface area contributed by atoms with Gasteiger partial charge in [-0.2, -0.15) is 5.10 Å². The molecule has 128 valence electrons. The number of aryl methyl sites for hydroxylation is 1. The van der Waals surface area contributed by atoms with E-state index in [1.165, 1.54) is 0 Å². The number of rotatable bonds is 5. The summed E-state index contributed by atoms with van der Waals surface area (Å²) in [4.78, 5) is 12.6. The van der Waals surface area contributed by atoms with Gasteiger partial charge in [0.05, 0.1) is 5.69 Å². The third-order valence-electron chi connectivity index (χ3n) is 3.66. The number of hydrogen-bond donors (Lipinski definition) is 1. The van der Waals surface area contributed by atoms with Crippen molar-refractivity contribution >= 4 is 11.7 Å². The molecule has 5 heteroatoms. The zero-order valence-corrected chi connectivity index (χ0v) is 14.6. The summed E-state index contributed by atoms with van der Waals surface area (Å²) < 4.78 is 7.59. The van der Waals surface area contributed by atoms with E-state index in [0.717, 1.165) is 11.4 Å². The molecule has 25 heavy (non-hydrogen) atoms. The second kappa shape index (κ2) is 7.21. The highest BCUT2D eigenvalue weighted by molar-refractivity contribution is 6.04. The molecule has 3 rings (SSSR count). The predicted octanol–water partition coefficient (Wildman–Crippen LogP) is 4.82. The van der Waals surface area contributed by atoms with Gasteiger partial charge in [0.25, 0.3) is 5.91 Å². The molecule has 1 heterocycles. The van der Waals surface area contributed by atoms with Crippen molar-refractivity contribution in [3.05, 3.63) is 71.9 Å². The smallest absolute Gasteiger partial charge is 0.256 e. The zero-order valence-electron chi connectivity index (χ0n) is 14.6. The van der Waals surface area contributed by atoms with Crippen molar-refractivity contribution < 1.29 is 9.53 Å². The standard InChI is InChI=1S/C20H21N3O2/c1-14(2)23-19(12-15(3)22-23)21-20(24)16-8-7-11-18(13-16)25-17-9-5-4-6-10-17/h4-14H,1-3H3,(H,21,24). The third-order valence-corrected chi connectivity index (χ3v) is 3.66. The molecule has 0 bridgehead atoms. The van der Waals surface area contributed by atoms with E-state index in [4.69, 9.17) is 4.74 Å². The predicted molar refractivity (Wildman–Crippen MR) is 98.3 cm³/mol. The van der Waals surface area contributed by atoms with Crippen molar-refractivity contribution in [1.29, 1.82) is 0 Å². The van der Waals surface area contributed by atoms with E-state index in [1.807, 2.05) is 63.2 Å². The van der Waals surface area contributed by atoms with E-state index in [-0.39, 0.29) is 11.9 Å². The molecule has 0 fully saturated rings. The second-order valence-electron chi connectivity index (χ2n) is 6.11. The minimum Gasteiger partial charge on any atom is -0.457 e. The molecule has 0 aliphatic heterocycles. The number of carbonyl (C=O) groups is 1. The number of hydrogen-bond acceptors (Lipinski definition) is 3. The number of amides is 1. The van der Waals surface area contributed by atoms with Crippen LogP contribution in [-0.2, 0) is 0 Å². The molecule has 3 aromatic rings. The van der Waals surface area contributed by atoms with Gasteiger partial charge in [-0.05, 0) is 51.1 Å². The molecule has 5 nitrogen and oxygen atoms in total. The van der Waals surface area contributed by atoms with Gasteiger partial charge in [0.1, 0.15) is 17.3 Å². The Balaban J connectivity index is 1.78. The summed E-state index contributed by atoms with van der Waals surface area (Å²) in [6.07, 6.45) is 0. The Kier molecular flexibility index (Phi) is 4.84. The molecule has 0 spiro atoms. The van der Waals surface area contributed by atoms with Gasteiger partial charge >= 0.3 is 0 Å². The van der Waals surface area contributed by atoms with Crippen LogP contribution in [0, 0.1) is 6.92 Å². The highest BCUT2D eigenvalue weighted by Crippen LogP contribution is 2.23. The van der Waals surface area contributed by atoms with Gasteiger partial charge in [-0.3, -0.25) is 4.79 Å². The number of carbonyl (C=O) groups excluding carboxylic acids is 1. The molecule has 1 aromatic heterocycles. The van der Waals surface area contributed by atoms with Crippen molar-refractivity contribution in [3.8, 4) is 11.5 Å². The summed E-state index contributed by atoms with van der Waals surface area (Å²) in [5.74, 6) is 1.84. The SMILES string of the molecule is Cc1cc(NC(=O)c2cccc(Oc3ccccc3)c2)n(C(C)C)n1. The second-order valence-corrected chi connectivity index (χ2v) is 6.11. The Hall–Kier alpha value is -3.08. The first-order chi connectivity index (χ1) is 12.0. The van der Waals surface area contributed by atoms with Crippen LogP contribution in [0.1, 0.15) is 35.9 Å². The fraction of sp³-hybridized carbons (Fsp3) is 0.200. The maximum atomic E-state index is 12.6. The Labute approximate surface area is 147 Å².